The predicted molar refractivity (Wildman–Crippen MR) is 58.0 cm³/mol. The molecule has 0 aliphatic rings. The first-order chi connectivity index (χ1) is 7.49. The van der Waals surface area contributed by atoms with Gasteiger partial charge in [0.2, 0.25) is 0 Å². The minimum atomic E-state index is -4.35. The molecular formula is C11H11F3N2. The third-order valence-electron chi connectivity index (χ3n) is 1.94. The van der Waals surface area contributed by atoms with Crippen molar-refractivity contribution in [2.24, 2.45) is 4.99 Å². The third kappa shape index (κ3) is 2.85. The van der Waals surface area contributed by atoms with Gasteiger partial charge >= 0.3 is 6.18 Å². The summed E-state index contributed by atoms with van der Waals surface area (Å²) in [7, 11) is 1.64. The van der Waals surface area contributed by atoms with Gasteiger partial charge in [-0.05, 0) is 18.9 Å². The molecule has 16 heavy (non-hydrogen) atoms. The van der Waals surface area contributed by atoms with E-state index in [1.165, 1.54) is 12.3 Å². The van der Waals surface area contributed by atoms with Crippen LogP contribution < -0.4 is 5.32 Å². The lowest BCUT2D eigenvalue weighted by Crippen LogP contribution is -2.05. The number of nitrogens with zero attached hydrogens (tertiary/aromatic N) is 1. The standard InChI is InChI=1S/C11H11F3N2/c1-15-7-10(16-2)8-4-3-5-9(6-8)11(12,13)14/h3-7,15H,2H2,1H3/b10-7-. The van der Waals surface area contributed by atoms with Crippen LogP contribution in [0.4, 0.5) is 13.2 Å². The van der Waals surface area contributed by atoms with Gasteiger partial charge in [0.15, 0.2) is 0 Å². The summed E-state index contributed by atoms with van der Waals surface area (Å²) >= 11 is 0. The average Bonchev–Trinajstić information content (AvgIpc) is 2.25. The highest BCUT2D eigenvalue weighted by Crippen LogP contribution is 2.30. The van der Waals surface area contributed by atoms with E-state index in [0.717, 1.165) is 12.1 Å². The molecule has 0 aromatic heterocycles. The highest BCUT2D eigenvalue weighted by atomic mass is 19.4. The fraction of sp³-hybridized carbons (Fsp3) is 0.182. The van der Waals surface area contributed by atoms with Gasteiger partial charge in [-0.25, -0.2) is 0 Å². The van der Waals surface area contributed by atoms with E-state index in [0.29, 0.717) is 11.3 Å². The van der Waals surface area contributed by atoms with E-state index in [4.69, 9.17) is 0 Å². The summed E-state index contributed by atoms with van der Waals surface area (Å²) in [5.41, 5.74) is 0.0448. The van der Waals surface area contributed by atoms with E-state index in [9.17, 15) is 13.2 Å². The van der Waals surface area contributed by atoms with Crippen molar-refractivity contribution in [3.05, 3.63) is 41.6 Å². The van der Waals surface area contributed by atoms with Crippen molar-refractivity contribution in [2.45, 2.75) is 6.18 Å². The fourth-order valence-corrected chi connectivity index (χ4v) is 1.21. The van der Waals surface area contributed by atoms with Gasteiger partial charge in [0.25, 0.3) is 0 Å². The van der Waals surface area contributed by atoms with Crippen molar-refractivity contribution >= 4 is 12.4 Å². The Kier molecular flexibility index (Phi) is 3.71. The van der Waals surface area contributed by atoms with Crippen LogP contribution in [-0.4, -0.2) is 13.8 Å². The van der Waals surface area contributed by atoms with E-state index >= 15 is 0 Å². The maximum atomic E-state index is 12.4. The monoisotopic (exact) mass is 228 g/mol. The van der Waals surface area contributed by atoms with Crippen LogP contribution in [0.1, 0.15) is 11.1 Å². The highest BCUT2D eigenvalue weighted by molar-refractivity contribution is 5.68. The molecular weight excluding hydrogens is 217 g/mol. The molecule has 0 aliphatic heterocycles. The quantitative estimate of drug-likeness (QED) is 0.790. The molecule has 0 spiro atoms. The maximum absolute atomic E-state index is 12.4. The van der Waals surface area contributed by atoms with Crippen molar-refractivity contribution in [1.29, 1.82) is 0 Å². The summed E-state index contributed by atoms with van der Waals surface area (Å²) in [5.74, 6) is 0. The van der Waals surface area contributed by atoms with Crippen molar-refractivity contribution in [1.82, 2.24) is 5.32 Å². The molecule has 0 heterocycles. The Labute approximate surface area is 91.5 Å². The number of hydrogen-bond donors (Lipinski definition) is 1. The zero-order valence-corrected chi connectivity index (χ0v) is 8.67. The van der Waals surface area contributed by atoms with E-state index in [2.05, 4.69) is 17.0 Å². The van der Waals surface area contributed by atoms with E-state index in [1.54, 1.807) is 13.1 Å². The van der Waals surface area contributed by atoms with Crippen LogP contribution in [0.15, 0.2) is 35.5 Å². The summed E-state index contributed by atoms with van der Waals surface area (Å²) in [4.78, 5) is 3.65. The Hall–Kier alpha value is -1.78. The fourth-order valence-electron chi connectivity index (χ4n) is 1.21. The van der Waals surface area contributed by atoms with Gasteiger partial charge in [-0.15, -0.1) is 0 Å². The maximum Gasteiger partial charge on any atom is 0.416 e. The lowest BCUT2D eigenvalue weighted by molar-refractivity contribution is -0.137. The van der Waals surface area contributed by atoms with Crippen LogP contribution in [0.3, 0.4) is 0 Å². The van der Waals surface area contributed by atoms with Gasteiger partial charge in [0.05, 0.1) is 11.3 Å². The second-order valence-corrected chi connectivity index (χ2v) is 3.05. The molecule has 1 N–H and O–H groups in total. The molecule has 0 fully saturated rings. The normalized spacial score (nSPS) is 12.4. The van der Waals surface area contributed by atoms with Crippen molar-refractivity contribution in [3.63, 3.8) is 0 Å². The zero-order valence-electron chi connectivity index (χ0n) is 8.67. The van der Waals surface area contributed by atoms with E-state index < -0.39 is 11.7 Å². The molecule has 0 bridgehead atoms. The molecule has 1 aromatic rings. The minimum absolute atomic E-state index is 0.369. The molecule has 1 aromatic carbocycles. The Morgan fingerprint density at radius 1 is 1.44 bits per heavy atom. The van der Waals surface area contributed by atoms with Crippen LogP contribution in [0.2, 0.25) is 0 Å². The van der Waals surface area contributed by atoms with Gasteiger partial charge in [0, 0.05) is 18.8 Å². The Morgan fingerprint density at radius 3 is 2.62 bits per heavy atom. The van der Waals surface area contributed by atoms with Crippen LogP contribution >= 0.6 is 0 Å². The second-order valence-electron chi connectivity index (χ2n) is 3.05. The molecule has 5 heteroatoms. The van der Waals surface area contributed by atoms with E-state index in [-0.39, 0.29) is 0 Å². The highest BCUT2D eigenvalue weighted by Gasteiger charge is 2.30. The third-order valence-corrected chi connectivity index (χ3v) is 1.94. The SMILES string of the molecule is C=N/C(=C\NC)c1cccc(C(F)(F)F)c1. The number of benzene rings is 1. The largest absolute Gasteiger partial charge is 0.416 e. The molecule has 0 atom stereocenters. The Morgan fingerprint density at radius 2 is 2.12 bits per heavy atom. The molecule has 86 valence electrons. The summed E-state index contributed by atoms with van der Waals surface area (Å²) in [6.07, 6.45) is -2.86. The molecule has 0 saturated carbocycles. The number of alkyl halides is 3. The molecule has 0 aliphatic carbocycles. The summed E-state index contributed by atoms with van der Waals surface area (Å²) in [5, 5.41) is 2.70. The Bertz CT molecular complexity index is 408. The van der Waals surface area contributed by atoms with Gasteiger partial charge in [-0.1, -0.05) is 12.1 Å². The van der Waals surface area contributed by atoms with E-state index in [1.807, 2.05) is 0 Å². The number of nitrogens with one attached hydrogen (secondary N) is 1. The molecule has 2 nitrogen and oxygen atoms in total. The lowest BCUT2D eigenvalue weighted by atomic mass is 10.1. The first-order valence-electron chi connectivity index (χ1n) is 4.51. The van der Waals surface area contributed by atoms with Gasteiger partial charge < -0.3 is 5.32 Å². The summed E-state index contributed by atoms with van der Waals surface area (Å²) in [6.45, 7) is 3.31. The number of halogens is 3. The van der Waals surface area contributed by atoms with Crippen LogP contribution in [-0.2, 0) is 6.18 Å². The molecule has 1 rings (SSSR count). The van der Waals surface area contributed by atoms with Gasteiger partial charge in [-0.2, -0.15) is 13.2 Å². The predicted octanol–water partition coefficient (Wildman–Crippen LogP) is 2.92. The zero-order chi connectivity index (χ0) is 12.2. The topological polar surface area (TPSA) is 24.4 Å². The first kappa shape index (κ1) is 12.3. The van der Waals surface area contributed by atoms with Crippen LogP contribution in [0.5, 0.6) is 0 Å². The summed E-state index contributed by atoms with van der Waals surface area (Å²) in [6, 6.07) is 4.95. The van der Waals surface area contributed by atoms with Gasteiger partial charge in [0.1, 0.15) is 0 Å². The van der Waals surface area contributed by atoms with Crippen LogP contribution in [0.25, 0.3) is 5.70 Å². The summed E-state index contributed by atoms with van der Waals surface area (Å²) < 4.78 is 37.3. The smallest absolute Gasteiger partial charge is 0.392 e. The molecule has 0 amide bonds. The van der Waals surface area contributed by atoms with Gasteiger partial charge in [-0.3, -0.25) is 4.99 Å². The minimum Gasteiger partial charge on any atom is -0.392 e. The Balaban J connectivity index is 3.17. The lowest BCUT2D eigenvalue weighted by Gasteiger charge is -2.08. The van der Waals surface area contributed by atoms with Crippen molar-refractivity contribution < 1.29 is 13.2 Å². The number of hydrogen-bond acceptors (Lipinski definition) is 2. The van der Waals surface area contributed by atoms with Crippen LogP contribution in [0, 0.1) is 0 Å². The van der Waals surface area contributed by atoms with Crippen molar-refractivity contribution in [3.8, 4) is 0 Å². The first-order valence-corrected chi connectivity index (χ1v) is 4.51. The number of aliphatic imine (C=N–C) groups is 1. The number of rotatable bonds is 3. The second kappa shape index (κ2) is 4.83. The molecule has 0 unspecified atom stereocenters. The molecule has 0 saturated heterocycles. The average molecular weight is 228 g/mol. The van der Waals surface area contributed by atoms with Crippen molar-refractivity contribution in [2.75, 3.05) is 7.05 Å². The molecule has 0 radical (unpaired) electrons.